The minimum Gasteiger partial charge on any atom is -0.481 e. The zero-order chi connectivity index (χ0) is 12.0. The quantitative estimate of drug-likeness (QED) is 0.733. The first-order valence-electron chi connectivity index (χ1n) is 6.53. The number of carboxylic acids is 1. The fourth-order valence-electron chi connectivity index (χ4n) is 2.74. The van der Waals surface area contributed by atoms with Gasteiger partial charge >= 0.3 is 5.97 Å². The van der Waals surface area contributed by atoms with Crippen molar-refractivity contribution in [2.24, 2.45) is 11.8 Å². The van der Waals surface area contributed by atoms with Crippen LogP contribution in [0.1, 0.15) is 52.4 Å². The second-order valence-corrected chi connectivity index (χ2v) is 5.46. The number of hydrogen-bond acceptors (Lipinski definition) is 2. The van der Waals surface area contributed by atoms with E-state index in [0.717, 1.165) is 11.8 Å². The van der Waals surface area contributed by atoms with Gasteiger partial charge in [0.15, 0.2) is 0 Å². The highest BCUT2D eigenvalue weighted by Gasteiger charge is 2.22. The lowest BCUT2D eigenvalue weighted by Gasteiger charge is -2.30. The van der Waals surface area contributed by atoms with E-state index in [4.69, 9.17) is 5.11 Å². The molecule has 2 N–H and O–H groups in total. The van der Waals surface area contributed by atoms with E-state index in [9.17, 15) is 4.79 Å². The maximum absolute atomic E-state index is 10.4. The Bertz CT molecular complexity index is 216. The highest BCUT2D eigenvalue weighted by atomic mass is 16.4. The number of aliphatic carboxylic acids is 1. The van der Waals surface area contributed by atoms with Gasteiger partial charge in [-0.15, -0.1) is 0 Å². The minimum atomic E-state index is -0.706. The first-order valence-corrected chi connectivity index (χ1v) is 6.53. The van der Waals surface area contributed by atoms with Crippen molar-refractivity contribution in [1.29, 1.82) is 0 Å². The first kappa shape index (κ1) is 13.5. The van der Waals surface area contributed by atoms with Crippen LogP contribution in [0, 0.1) is 11.8 Å². The second-order valence-electron chi connectivity index (χ2n) is 5.46. The molecule has 0 aromatic carbocycles. The molecule has 1 fully saturated rings. The van der Waals surface area contributed by atoms with Crippen LogP contribution in [0.4, 0.5) is 0 Å². The van der Waals surface area contributed by atoms with Crippen LogP contribution in [0.25, 0.3) is 0 Å². The Labute approximate surface area is 98.6 Å². The fourth-order valence-corrected chi connectivity index (χ4v) is 2.74. The average Bonchev–Trinajstić information content (AvgIpc) is 2.16. The maximum Gasteiger partial charge on any atom is 0.304 e. The lowest BCUT2D eigenvalue weighted by molar-refractivity contribution is -0.136. The van der Waals surface area contributed by atoms with Crippen molar-refractivity contribution in [3.8, 4) is 0 Å². The summed E-state index contributed by atoms with van der Waals surface area (Å²) in [7, 11) is 0. The SMILES string of the molecule is CC(C)CC1CCCC(NCCC(=O)O)C1. The molecule has 1 saturated carbocycles. The van der Waals surface area contributed by atoms with Crippen LogP contribution >= 0.6 is 0 Å². The average molecular weight is 227 g/mol. The van der Waals surface area contributed by atoms with E-state index in [1.165, 1.54) is 32.1 Å². The highest BCUT2D eigenvalue weighted by Crippen LogP contribution is 2.29. The molecule has 94 valence electrons. The summed E-state index contributed by atoms with van der Waals surface area (Å²) in [5, 5.41) is 11.9. The van der Waals surface area contributed by atoms with E-state index in [0.29, 0.717) is 12.6 Å². The van der Waals surface area contributed by atoms with Gasteiger partial charge < -0.3 is 10.4 Å². The summed E-state index contributed by atoms with van der Waals surface area (Å²) in [5.74, 6) is 0.917. The third kappa shape index (κ3) is 5.50. The van der Waals surface area contributed by atoms with Gasteiger partial charge in [0.25, 0.3) is 0 Å². The molecule has 0 aliphatic heterocycles. The monoisotopic (exact) mass is 227 g/mol. The summed E-state index contributed by atoms with van der Waals surface area (Å²) < 4.78 is 0. The Morgan fingerprint density at radius 3 is 2.81 bits per heavy atom. The number of nitrogens with one attached hydrogen (secondary N) is 1. The lowest BCUT2D eigenvalue weighted by atomic mass is 9.81. The molecule has 0 bridgehead atoms. The molecule has 1 aliphatic carbocycles. The Morgan fingerprint density at radius 1 is 1.44 bits per heavy atom. The molecule has 0 amide bonds. The zero-order valence-corrected chi connectivity index (χ0v) is 10.5. The molecule has 1 aliphatic rings. The molecule has 2 atom stereocenters. The molecular formula is C13H25NO2. The van der Waals surface area contributed by atoms with Gasteiger partial charge in [-0.3, -0.25) is 4.79 Å². The van der Waals surface area contributed by atoms with Crippen LogP contribution < -0.4 is 5.32 Å². The predicted molar refractivity (Wildman–Crippen MR) is 65.5 cm³/mol. The number of hydrogen-bond donors (Lipinski definition) is 2. The fraction of sp³-hybridized carbons (Fsp3) is 0.923. The lowest BCUT2D eigenvalue weighted by Crippen LogP contribution is -2.35. The topological polar surface area (TPSA) is 49.3 Å². The van der Waals surface area contributed by atoms with Gasteiger partial charge in [0, 0.05) is 12.6 Å². The van der Waals surface area contributed by atoms with Crippen molar-refractivity contribution in [1.82, 2.24) is 5.32 Å². The van der Waals surface area contributed by atoms with E-state index in [1.54, 1.807) is 0 Å². The Morgan fingerprint density at radius 2 is 2.19 bits per heavy atom. The van der Waals surface area contributed by atoms with Crippen LogP contribution in [0.3, 0.4) is 0 Å². The summed E-state index contributed by atoms with van der Waals surface area (Å²) in [6.07, 6.45) is 6.66. The molecule has 0 aromatic heterocycles. The van der Waals surface area contributed by atoms with Gasteiger partial charge in [-0.2, -0.15) is 0 Å². The summed E-state index contributed by atoms with van der Waals surface area (Å²) in [5.41, 5.74) is 0. The van der Waals surface area contributed by atoms with E-state index >= 15 is 0 Å². The van der Waals surface area contributed by atoms with Crippen molar-refractivity contribution in [2.75, 3.05) is 6.54 Å². The molecule has 0 spiro atoms. The highest BCUT2D eigenvalue weighted by molar-refractivity contribution is 5.66. The molecule has 1 rings (SSSR count). The predicted octanol–water partition coefficient (Wildman–Crippen LogP) is 2.66. The molecule has 2 unspecified atom stereocenters. The van der Waals surface area contributed by atoms with Crippen molar-refractivity contribution < 1.29 is 9.90 Å². The number of rotatable bonds is 6. The molecule has 16 heavy (non-hydrogen) atoms. The summed E-state index contributed by atoms with van der Waals surface area (Å²) in [6.45, 7) is 5.18. The van der Waals surface area contributed by atoms with E-state index < -0.39 is 5.97 Å². The Balaban J connectivity index is 2.19. The zero-order valence-electron chi connectivity index (χ0n) is 10.5. The van der Waals surface area contributed by atoms with Crippen molar-refractivity contribution in [3.05, 3.63) is 0 Å². The third-order valence-electron chi connectivity index (χ3n) is 3.36. The van der Waals surface area contributed by atoms with Gasteiger partial charge in [0.05, 0.1) is 6.42 Å². The summed E-state index contributed by atoms with van der Waals surface area (Å²) in [6, 6.07) is 0.553. The van der Waals surface area contributed by atoms with E-state index in [1.807, 2.05) is 0 Å². The van der Waals surface area contributed by atoms with Gasteiger partial charge in [0.1, 0.15) is 0 Å². The number of carboxylic acid groups (broad SMARTS) is 1. The molecule has 0 saturated heterocycles. The van der Waals surface area contributed by atoms with Gasteiger partial charge in [-0.05, 0) is 31.1 Å². The Kier molecular flexibility index (Phi) is 5.81. The minimum absolute atomic E-state index is 0.241. The second kappa shape index (κ2) is 6.89. The maximum atomic E-state index is 10.4. The van der Waals surface area contributed by atoms with Crippen LogP contribution in [0.5, 0.6) is 0 Å². The van der Waals surface area contributed by atoms with Gasteiger partial charge in [-0.1, -0.05) is 26.7 Å². The van der Waals surface area contributed by atoms with E-state index in [-0.39, 0.29) is 6.42 Å². The van der Waals surface area contributed by atoms with Crippen LogP contribution in [0.2, 0.25) is 0 Å². The molecule has 0 heterocycles. The molecule has 0 aromatic rings. The van der Waals surface area contributed by atoms with Crippen LogP contribution in [0.15, 0.2) is 0 Å². The van der Waals surface area contributed by atoms with Gasteiger partial charge in [0.2, 0.25) is 0 Å². The standard InChI is InChI=1S/C13H25NO2/c1-10(2)8-11-4-3-5-12(9-11)14-7-6-13(15)16/h10-12,14H,3-9H2,1-2H3,(H,15,16). The normalized spacial score (nSPS) is 25.9. The van der Waals surface area contributed by atoms with Crippen LogP contribution in [-0.4, -0.2) is 23.7 Å². The molecule has 3 nitrogen and oxygen atoms in total. The van der Waals surface area contributed by atoms with Crippen molar-refractivity contribution >= 4 is 5.97 Å². The largest absolute Gasteiger partial charge is 0.481 e. The molecule has 3 heteroatoms. The third-order valence-corrected chi connectivity index (χ3v) is 3.36. The van der Waals surface area contributed by atoms with Gasteiger partial charge in [-0.25, -0.2) is 0 Å². The Hall–Kier alpha value is -0.570. The smallest absolute Gasteiger partial charge is 0.304 e. The first-order chi connectivity index (χ1) is 7.58. The van der Waals surface area contributed by atoms with Crippen LogP contribution in [-0.2, 0) is 4.79 Å². The van der Waals surface area contributed by atoms with Crippen molar-refractivity contribution in [2.45, 2.75) is 58.4 Å². The summed E-state index contributed by atoms with van der Waals surface area (Å²) in [4.78, 5) is 10.4. The van der Waals surface area contributed by atoms with E-state index in [2.05, 4.69) is 19.2 Å². The van der Waals surface area contributed by atoms with Crippen molar-refractivity contribution in [3.63, 3.8) is 0 Å². The number of carbonyl (C=O) groups is 1. The summed E-state index contributed by atoms with van der Waals surface area (Å²) >= 11 is 0. The molecule has 0 radical (unpaired) electrons. The molecular weight excluding hydrogens is 202 g/mol.